The van der Waals surface area contributed by atoms with Gasteiger partial charge in [0.1, 0.15) is 47.4 Å². The maximum absolute atomic E-state index is 14.6. The highest BCUT2D eigenvalue weighted by Crippen LogP contribution is 2.41. The average Bonchev–Trinajstić information content (AvgIpc) is 3.55. The Morgan fingerprint density at radius 1 is 0.900 bits per heavy atom. The average molecular weight is 1140 g/mol. The number of cyclic esters (lactones) is 1. The highest BCUT2D eigenvalue weighted by Gasteiger charge is 2.54. The van der Waals surface area contributed by atoms with Crippen LogP contribution in [0, 0.1) is 17.8 Å². The Kier molecular flexibility index (Phi) is 24.1. The lowest BCUT2D eigenvalue weighted by molar-refractivity contribution is -0.317. The monoisotopic (exact) mass is 1140 g/mol. The molecule has 0 saturated carbocycles. The van der Waals surface area contributed by atoms with E-state index < -0.39 is 113 Å². The number of ether oxygens (including phenoxy) is 10. The number of pyridine rings is 1. The van der Waals surface area contributed by atoms with Crippen molar-refractivity contribution in [3.05, 3.63) is 40.2 Å². The number of amides is 1. The largest absolute Gasteiger partial charge is 0.491 e. The molecule has 3 aliphatic rings. The number of aryl methyl sites for hydroxylation is 1. The minimum atomic E-state index is -1.87. The van der Waals surface area contributed by atoms with E-state index in [4.69, 9.17) is 47.4 Å². The summed E-state index contributed by atoms with van der Waals surface area (Å²) in [5.41, 5.74) is -5.01. The quantitative estimate of drug-likeness (QED) is 0.0813. The van der Waals surface area contributed by atoms with Gasteiger partial charge in [-0.15, -0.1) is 0 Å². The molecule has 0 spiro atoms. The van der Waals surface area contributed by atoms with Crippen molar-refractivity contribution in [1.82, 2.24) is 19.7 Å². The number of aliphatic hydroxyl groups excluding tert-OH is 2. The Bertz CT molecular complexity index is 2390. The summed E-state index contributed by atoms with van der Waals surface area (Å²) in [7, 11) is 7.03. The van der Waals surface area contributed by atoms with Crippen molar-refractivity contribution in [2.75, 3.05) is 74.4 Å². The van der Waals surface area contributed by atoms with E-state index >= 15 is 0 Å². The fourth-order valence-electron chi connectivity index (χ4n) is 11.7. The van der Waals surface area contributed by atoms with Crippen LogP contribution in [0.3, 0.4) is 0 Å². The molecule has 456 valence electrons. The number of nitrogens with one attached hydrogen (secondary N) is 1. The molecule has 4 heterocycles. The predicted molar refractivity (Wildman–Crippen MR) is 294 cm³/mol. The predicted octanol–water partition coefficient (Wildman–Crippen LogP) is 3.78. The normalized spacial score (nSPS) is 36.2. The first-order chi connectivity index (χ1) is 37.5. The number of alkyl carbamates (subject to hydrolysis) is 1. The van der Waals surface area contributed by atoms with Crippen molar-refractivity contribution in [3.8, 4) is 5.75 Å². The molecule has 0 bridgehead atoms. The van der Waals surface area contributed by atoms with Crippen LogP contribution in [0.15, 0.2) is 29.2 Å². The van der Waals surface area contributed by atoms with Crippen LogP contribution in [-0.2, 0) is 54.0 Å². The third-order valence-electron chi connectivity index (χ3n) is 16.4. The highest BCUT2D eigenvalue weighted by atomic mass is 16.7. The minimum absolute atomic E-state index is 0.00892. The number of hydrogen-bond acceptors (Lipinski definition) is 20. The van der Waals surface area contributed by atoms with Crippen LogP contribution >= 0.6 is 0 Å². The molecule has 2 aromatic rings. The van der Waals surface area contributed by atoms with E-state index in [1.54, 1.807) is 65.2 Å². The number of likely N-dealkylation sites (N-methyl/N-ethyl adjacent to an activating group) is 2. The summed E-state index contributed by atoms with van der Waals surface area (Å²) in [6, 6.07) is 4.02. The first-order valence-electron chi connectivity index (χ1n) is 28.2. The first-order valence-corrected chi connectivity index (χ1v) is 28.2. The lowest BCUT2D eigenvalue weighted by Crippen LogP contribution is -2.61. The van der Waals surface area contributed by atoms with Crippen molar-refractivity contribution < 1.29 is 87.3 Å². The Labute approximate surface area is 471 Å². The van der Waals surface area contributed by atoms with Gasteiger partial charge in [-0.2, -0.15) is 0 Å². The number of carbonyl (C=O) groups excluding carboxylic acids is 2. The molecule has 5 rings (SSSR count). The number of aromatic carboxylic acids is 1. The number of carboxylic acids is 1. The Balaban J connectivity index is 1.24. The molecule has 0 radical (unpaired) electrons. The molecule has 18 atom stereocenters. The van der Waals surface area contributed by atoms with Crippen molar-refractivity contribution in [3.63, 3.8) is 0 Å². The number of aromatic nitrogens is 1. The van der Waals surface area contributed by atoms with Crippen LogP contribution in [0.2, 0.25) is 0 Å². The van der Waals surface area contributed by atoms with Crippen molar-refractivity contribution >= 4 is 28.9 Å². The van der Waals surface area contributed by atoms with E-state index in [1.807, 2.05) is 51.7 Å². The zero-order valence-corrected chi connectivity index (χ0v) is 49.7. The van der Waals surface area contributed by atoms with E-state index in [0.29, 0.717) is 30.8 Å². The highest BCUT2D eigenvalue weighted by molar-refractivity contribution is 5.93. The zero-order valence-electron chi connectivity index (χ0n) is 49.7. The van der Waals surface area contributed by atoms with Crippen LogP contribution in [-0.4, -0.2) is 223 Å². The van der Waals surface area contributed by atoms with Gasteiger partial charge in [-0.3, -0.25) is 9.59 Å². The summed E-state index contributed by atoms with van der Waals surface area (Å²) in [4.78, 5) is 56.1. The van der Waals surface area contributed by atoms with Crippen LogP contribution in [0.5, 0.6) is 5.75 Å². The molecule has 1 aromatic carbocycles. The summed E-state index contributed by atoms with van der Waals surface area (Å²) in [6.45, 7) is 21.2. The fraction of sp³-hybridized carbons (Fsp3) is 0.789. The number of carboxylic acid groups (broad SMARTS) is 1. The molecule has 6 N–H and O–H groups in total. The molecule has 23 heteroatoms. The smallest absolute Gasteiger partial charge is 0.407 e. The lowest BCUT2D eigenvalue weighted by atomic mass is 9.77. The number of carbonyl (C=O) groups is 3. The van der Waals surface area contributed by atoms with E-state index in [9.17, 15) is 44.7 Å². The van der Waals surface area contributed by atoms with Crippen LogP contribution in [0.1, 0.15) is 112 Å². The molecular weight excluding hydrogens is 1040 g/mol. The number of nitrogens with zero attached hydrogens (tertiary/aromatic N) is 3. The van der Waals surface area contributed by atoms with Gasteiger partial charge in [0.05, 0.1) is 73.3 Å². The third kappa shape index (κ3) is 16.4. The topological polar surface area (TPSA) is 285 Å². The van der Waals surface area contributed by atoms with Gasteiger partial charge in [-0.05, 0) is 120 Å². The Morgan fingerprint density at radius 3 is 2.19 bits per heavy atom. The summed E-state index contributed by atoms with van der Waals surface area (Å²) < 4.78 is 63.3. The maximum Gasteiger partial charge on any atom is 0.407 e. The molecule has 23 nitrogen and oxygen atoms in total. The van der Waals surface area contributed by atoms with Gasteiger partial charge < -0.3 is 92.6 Å². The number of aliphatic hydroxyl groups is 4. The van der Waals surface area contributed by atoms with Gasteiger partial charge in [0.2, 0.25) is 5.43 Å². The Morgan fingerprint density at radius 2 is 1.56 bits per heavy atom. The number of esters is 1. The van der Waals surface area contributed by atoms with Crippen LogP contribution < -0.4 is 15.5 Å². The molecule has 80 heavy (non-hydrogen) atoms. The summed E-state index contributed by atoms with van der Waals surface area (Å²) in [6.07, 6.45) is -8.74. The molecule has 0 aliphatic carbocycles. The van der Waals surface area contributed by atoms with E-state index in [2.05, 4.69) is 5.32 Å². The van der Waals surface area contributed by atoms with Gasteiger partial charge in [0.25, 0.3) is 0 Å². The van der Waals surface area contributed by atoms with Crippen molar-refractivity contribution in [2.24, 2.45) is 17.8 Å². The molecule has 3 saturated heterocycles. The Hall–Kier alpha value is -4.08. The van der Waals surface area contributed by atoms with Gasteiger partial charge in [-0.25, -0.2) is 9.59 Å². The second kappa shape index (κ2) is 28.9. The standard InChI is InChI=1S/C57H94N4O19/c1-16-43-57(11,70)48(64)36(7)60(14)30-32(3)28-55(9,69)49(79-53-46(63)42(59(12)13)26-33(4)75-53)34(5)47(35(6)52(67)77-43)78-44-29-56(10,71-15)50(37(8)76-44)80-54(68)58-20-21-72-22-23-73-24-25-74-38-18-19-41-39(27-38)45(62)40(51(65)66)31-61(41)17-2/h18-19,27,31-37,42-44,46-50,53,63-64,69-70H,16-17,20-26,28-30H2,1-15H3,(H,58,68)(H,65,66)/t32-,33-,34+,35-,36-,37+,42+,43-,44+,46-,47+,48-,49-,50+,53+,55-,56-,57-/m1/s1. The molecule has 1 aromatic heterocycles. The molecule has 3 aliphatic heterocycles. The SMILES string of the molecule is CC[C@H]1OC(=O)[C@H](C)[C@@H](O[C@H]2C[C@@](C)(OC)[C@@H](OC(=O)NCCOCCOCCOc3ccc4c(c3)c(=O)c(C(=O)O)cn4CC)[C@H](C)O2)[C@H](C)[C@@H](O[C@@H]2O[C@H](C)C[C@H](N(C)C)[C@H]2O)[C@](C)(O)C[C@@H](C)CN(C)[C@H](C)[C@@H](O)[C@]1(C)O. The number of fused-ring (bicyclic) bond motifs is 1. The van der Waals surface area contributed by atoms with Crippen LogP contribution in [0.4, 0.5) is 4.79 Å². The summed E-state index contributed by atoms with van der Waals surface area (Å²) in [5.74, 6) is -3.82. The number of benzene rings is 1. The second-order valence-corrected chi connectivity index (χ2v) is 23.2. The van der Waals surface area contributed by atoms with E-state index in [0.717, 1.165) is 0 Å². The maximum atomic E-state index is 14.6. The molecular formula is C57H94N4O19. The number of hydrogen-bond donors (Lipinski definition) is 6. The van der Waals surface area contributed by atoms with Gasteiger partial charge >= 0.3 is 18.0 Å². The first kappa shape index (κ1) is 66.7. The van der Waals surface area contributed by atoms with Crippen LogP contribution in [0.25, 0.3) is 10.9 Å². The lowest BCUT2D eigenvalue weighted by Gasteiger charge is -2.49. The summed E-state index contributed by atoms with van der Waals surface area (Å²) >= 11 is 0. The zero-order chi connectivity index (χ0) is 59.6. The van der Waals surface area contributed by atoms with Gasteiger partial charge in [-0.1, -0.05) is 20.8 Å². The number of methoxy groups -OCH3 is 1. The van der Waals surface area contributed by atoms with Gasteiger partial charge in [0, 0.05) is 57.4 Å². The van der Waals surface area contributed by atoms with Crippen molar-refractivity contribution in [2.45, 2.75) is 199 Å². The van der Waals surface area contributed by atoms with Crippen molar-refractivity contribution in [1.29, 1.82) is 0 Å². The molecule has 3 fully saturated rings. The molecule has 1 amide bonds. The fourth-order valence-corrected chi connectivity index (χ4v) is 11.7. The summed E-state index contributed by atoms with van der Waals surface area (Å²) in [5, 5.41) is 60.5. The second-order valence-electron chi connectivity index (χ2n) is 23.2. The minimum Gasteiger partial charge on any atom is -0.491 e. The van der Waals surface area contributed by atoms with E-state index in [-0.39, 0.29) is 87.9 Å². The number of rotatable bonds is 20. The molecule has 0 unspecified atom stereocenters. The van der Waals surface area contributed by atoms with Gasteiger partial charge in [0.15, 0.2) is 18.7 Å². The third-order valence-corrected chi connectivity index (χ3v) is 16.4. The van der Waals surface area contributed by atoms with E-state index in [1.165, 1.54) is 26.3 Å².